The van der Waals surface area contributed by atoms with Crippen molar-refractivity contribution in [2.45, 2.75) is 30.7 Å². The smallest absolute Gasteiger partial charge is 0.230 e. The number of hydrogen-bond donors (Lipinski definition) is 1. The van der Waals surface area contributed by atoms with E-state index in [0.29, 0.717) is 38.6 Å². The van der Waals surface area contributed by atoms with E-state index in [-0.39, 0.29) is 5.56 Å². The number of aryl methyl sites for hydroxylation is 1. The zero-order chi connectivity index (χ0) is 26.2. The van der Waals surface area contributed by atoms with Crippen molar-refractivity contribution in [1.29, 1.82) is 0 Å². The van der Waals surface area contributed by atoms with Crippen LogP contribution < -0.4 is 10.7 Å². The summed E-state index contributed by atoms with van der Waals surface area (Å²) >= 11 is 15.1. The van der Waals surface area contributed by atoms with Crippen molar-refractivity contribution in [3.05, 3.63) is 110 Å². The van der Waals surface area contributed by atoms with Crippen LogP contribution in [-0.4, -0.2) is 15.2 Å². The van der Waals surface area contributed by atoms with Gasteiger partial charge >= 0.3 is 0 Å². The van der Waals surface area contributed by atoms with Crippen LogP contribution in [0.1, 0.15) is 40.6 Å². The minimum absolute atomic E-state index is 0.284. The van der Waals surface area contributed by atoms with E-state index in [4.69, 9.17) is 34.0 Å². The molecule has 0 aliphatic carbocycles. The lowest BCUT2D eigenvalue weighted by atomic mass is 9.95. The molecular formula is C26H21Cl2F2N5S2. The molecule has 1 aromatic heterocycles. The van der Waals surface area contributed by atoms with E-state index in [1.54, 1.807) is 17.1 Å². The topological polar surface area (TPSA) is 67.4 Å². The first kappa shape index (κ1) is 26.1. The molecule has 190 valence electrons. The SMILES string of the molecule is Cc1nnc(N2N=C(c3cc(Cl)ccc3F)SC2(CCC(N)c2cc(Cl)ccc2F)c2ccccc2)s1. The molecule has 3 aromatic carbocycles. The maximum absolute atomic E-state index is 15.0. The average molecular weight is 577 g/mol. The van der Waals surface area contributed by atoms with Crippen LogP contribution in [-0.2, 0) is 4.87 Å². The molecule has 37 heavy (non-hydrogen) atoms. The van der Waals surface area contributed by atoms with Crippen LogP contribution in [0.4, 0.5) is 13.9 Å². The maximum atomic E-state index is 15.0. The van der Waals surface area contributed by atoms with Crippen LogP contribution in [0.3, 0.4) is 0 Å². The quantitative estimate of drug-likeness (QED) is 0.245. The van der Waals surface area contributed by atoms with Gasteiger partial charge < -0.3 is 5.73 Å². The molecule has 0 fully saturated rings. The van der Waals surface area contributed by atoms with Gasteiger partial charge in [0.25, 0.3) is 0 Å². The Bertz CT molecular complexity index is 1470. The first-order chi connectivity index (χ1) is 17.8. The summed E-state index contributed by atoms with van der Waals surface area (Å²) in [5.74, 6) is -0.857. The van der Waals surface area contributed by atoms with Gasteiger partial charge in [-0.25, -0.2) is 13.8 Å². The number of thioether (sulfide) groups is 1. The Hall–Kier alpha value is -2.56. The largest absolute Gasteiger partial charge is 0.324 e. The van der Waals surface area contributed by atoms with Gasteiger partial charge in [0.15, 0.2) is 0 Å². The molecule has 2 N–H and O–H groups in total. The van der Waals surface area contributed by atoms with Crippen LogP contribution >= 0.6 is 46.3 Å². The second-order valence-electron chi connectivity index (χ2n) is 8.51. The van der Waals surface area contributed by atoms with Crippen molar-refractivity contribution in [2.75, 3.05) is 5.01 Å². The average Bonchev–Trinajstić information content (AvgIpc) is 3.50. The molecule has 1 aliphatic rings. The number of aromatic nitrogens is 2. The van der Waals surface area contributed by atoms with Crippen molar-refractivity contribution < 1.29 is 8.78 Å². The predicted octanol–water partition coefficient (Wildman–Crippen LogP) is 7.68. The van der Waals surface area contributed by atoms with Gasteiger partial charge in [0.1, 0.15) is 26.6 Å². The summed E-state index contributed by atoms with van der Waals surface area (Å²) < 4.78 is 29.6. The number of hydrogen-bond acceptors (Lipinski definition) is 7. The lowest BCUT2D eigenvalue weighted by molar-refractivity contribution is 0.474. The van der Waals surface area contributed by atoms with Gasteiger partial charge in [-0.2, -0.15) is 5.10 Å². The zero-order valence-electron chi connectivity index (χ0n) is 19.5. The molecule has 0 spiro atoms. The minimum Gasteiger partial charge on any atom is -0.324 e. The van der Waals surface area contributed by atoms with E-state index < -0.39 is 22.5 Å². The number of hydrazone groups is 1. The van der Waals surface area contributed by atoms with E-state index in [1.165, 1.54) is 47.4 Å². The third-order valence-electron chi connectivity index (χ3n) is 6.03. The molecule has 0 bridgehead atoms. The van der Waals surface area contributed by atoms with Gasteiger partial charge in [0, 0.05) is 27.2 Å². The van der Waals surface area contributed by atoms with Crippen molar-refractivity contribution >= 4 is 56.5 Å². The van der Waals surface area contributed by atoms with Gasteiger partial charge in [-0.1, -0.05) is 76.6 Å². The summed E-state index contributed by atoms with van der Waals surface area (Å²) in [6.07, 6.45) is 0.816. The first-order valence-corrected chi connectivity index (χ1v) is 13.7. The summed E-state index contributed by atoms with van der Waals surface area (Å²) in [6, 6.07) is 17.8. The Labute approximate surface area is 231 Å². The van der Waals surface area contributed by atoms with E-state index >= 15 is 0 Å². The number of nitrogens with two attached hydrogens (primary N) is 1. The zero-order valence-corrected chi connectivity index (χ0v) is 22.7. The van der Waals surface area contributed by atoms with E-state index in [9.17, 15) is 8.78 Å². The maximum Gasteiger partial charge on any atom is 0.230 e. The second-order valence-corrected chi connectivity index (χ2v) is 11.8. The molecule has 0 saturated heterocycles. The van der Waals surface area contributed by atoms with Gasteiger partial charge in [-0.15, -0.1) is 10.2 Å². The fourth-order valence-corrected chi connectivity index (χ4v) is 6.74. The number of benzene rings is 3. The fraction of sp³-hybridized carbons (Fsp3) is 0.192. The van der Waals surface area contributed by atoms with E-state index in [2.05, 4.69) is 10.2 Å². The van der Waals surface area contributed by atoms with Crippen molar-refractivity contribution in [1.82, 2.24) is 10.2 Å². The Kier molecular flexibility index (Phi) is 7.51. The molecule has 2 heterocycles. The highest BCUT2D eigenvalue weighted by Gasteiger charge is 2.48. The number of nitrogens with zero attached hydrogens (tertiary/aromatic N) is 4. The van der Waals surface area contributed by atoms with E-state index in [1.807, 2.05) is 37.3 Å². The molecule has 0 saturated carbocycles. The highest BCUT2D eigenvalue weighted by atomic mass is 35.5. The molecule has 5 rings (SSSR count). The molecule has 11 heteroatoms. The Morgan fingerprint density at radius 2 is 1.68 bits per heavy atom. The lowest BCUT2D eigenvalue weighted by Gasteiger charge is -2.36. The first-order valence-electron chi connectivity index (χ1n) is 11.4. The fourth-order valence-electron chi connectivity index (χ4n) is 4.22. The Morgan fingerprint density at radius 3 is 2.38 bits per heavy atom. The molecule has 0 radical (unpaired) electrons. The summed E-state index contributed by atoms with van der Waals surface area (Å²) in [6.45, 7) is 1.85. The second kappa shape index (κ2) is 10.7. The normalized spacial score (nSPS) is 18.2. The minimum atomic E-state index is -0.857. The van der Waals surface area contributed by atoms with Crippen LogP contribution in [0, 0.1) is 18.6 Å². The number of halogens is 4. The molecule has 5 nitrogen and oxygen atoms in total. The van der Waals surface area contributed by atoms with Crippen LogP contribution in [0.15, 0.2) is 71.8 Å². The van der Waals surface area contributed by atoms with Crippen molar-refractivity contribution in [3.63, 3.8) is 0 Å². The molecule has 0 amide bonds. The highest BCUT2D eigenvalue weighted by Crippen LogP contribution is 2.53. The summed E-state index contributed by atoms with van der Waals surface area (Å²) in [7, 11) is 0. The third-order valence-corrected chi connectivity index (χ3v) is 8.76. The standard InChI is InChI=1S/C26H21Cl2F2N5S2/c1-15-32-33-25(36-15)35-26(16-5-3-2-4-6-16,12-11-23(31)19-13-17(27)7-9-21(19)29)37-24(34-35)20-14-18(28)8-10-22(20)30/h2-10,13-14,23H,11-12,31H2,1H3. The van der Waals surface area contributed by atoms with Gasteiger partial charge in [-0.3, -0.25) is 0 Å². The summed E-state index contributed by atoms with van der Waals surface area (Å²) in [5.41, 5.74) is 8.02. The van der Waals surface area contributed by atoms with Gasteiger partial charge in [-0.05, 0) is 61.7 Å². The van der Waals surface area contributed by atoms with Gasteiger partial charge in [0.2, 0.25) is 5.13 Å². The van der Waals surface area contributed by atoms with Crippen molar-refractivity contribution in [3.8, 4) is 0 Å². The molecule has 2 atom stereocenters. The van der Waals surface area contributed by atoms with Crippen molar-refractivity contribution in [2.24, 2.45) is 10.8 Å². The molecular weight excluding hydrogens is 555 g/mol. The summed E-state index contributed by atoms with van der Waals surface area (Å²) in [4.78, 5) is -0.857. The van der Waals surface area contributed by atoms with Gasteiger partial charge in [0.05, 0.1) is 0 Å². The Balaban J connectivity index is 1.60. The molecule has 1 aliphatic heterocycles. The van der Waals surface area contributed by atoms with E-state index in [0.717, 1.165) is 10.6 Å². The van der Waals surface area contributed by atoms with Crippen LogP contribution in [0.2, 0.25) is 10.0 Å². The number of anilines is 1. The van der Waals surface area contributed by atoms with Crippen LogP contribution in [0.25, 0.3) is 0 Å². The molecule has 4 aromatic rings. The number of rotatable bonds is 7. The predicted molar refractivity (Wildman–Crippen MR) is 148 cm³/mol. The van der Waals surface area contributed by atoms with Crippen LogP contribution in [0.5, 0.6) is 0 Å². The third kappa shape index (κ3) is 5.24. The lowest BCUT2D eigenvalue weighted by Crippen LogP contribution is -2.38. The molecule has 2 unspecified atom stereocenters. The Morgan fingerprint density at radius 1 is 0.973 bits per heavy atom. The highest BCUT2D eigenvalue weighted by molar-refractivity contribution is 8.15. The summed E-state index contributed by atoms with van der Waals surface area (Å²) in [5, 5.41) is 17.7. The monoisotopic (exact) mass is 575 g/mol.